The molecule has 3 aliphatic rings. The van der Waals surface area contributed by atoms with E-state index < -0.39 is 0 Å². The minimum atomic E-state index is -0.0506. The topological polar surface area (TPSA) is 32.3 Å². The van der Waals surface area contributed by atoms with Crippen molar-refractivity contribution in [3.63, 3.8) is 0 Å². The Bertz CT molecular complexity index is 1240. The number of rotatable bonds is 3. The fourth-order valence-electron chi connectivity index (χ4n) is 6.35. The Labute approximate surface area is 210 Å². The average molecular weight is 513 g/mol. The lowest BCUT2D eigenvalue weighted by Crippen LogP contribution is -2.49. The summed E-state index contributed by atoms with van der Waals surface area (Å²) in [5, 5.41) is 3.50. The van der Waals surface area contributed by atoms with E-state index in [4.69, 9.17) is 0 Å². The number of hydrogen-bond acceptors (Lipinski definition) is 2. The molecular formula is C30H29BrN2O. The molecule has 4 heteroatoms. The molecule has 6 rings (SSSR count). The number of nitrogens with zero attached hydrogens (tertiary/aromatic N) is 1. The smallest absolute Gasteiger partial charge is 0.228 e. The van der Waals surface area contributed by atoms with E-state index in [1.807, 2.05) is 6.07 Å². The van der Waals surface area contributed by atoms with E-state index in [2.05, 4.69) is 111 Å². The molecule has 2 heterocycles. The molecule has 1 amide bonds. The fraction of sp³-hybridized carbons (Fsp3) is 0.300. The average Bonchev–Trinajstić information content (AvgIpc) is 3.50. The van der Waals surface area contributed by atoms with Gasteiger partial charge in [-0.05, 0) is 41.2 Å². The van der Waals surface area contributed by atoms with Crippen LogP contribution >= 0.6 is 15.9 Å². The predicted molar refractivity (Wildman–Crippen MR) is 141 cm³/mol. The lowest BCUT2D eigenvalue weighted by molar-refractivity contribution is -0.140. The van der Waals surface area contributed by atoms with Crippen LogP contribution < -0.4 is 5.32 Å². The lowest BCUT2D eigenvalue weighted by Gasteiger charge is -2.46. The summed E-state index contributed by atoms with van der Waals surface area (Å²) in [6.45, 7) is 2.34. The molecule has 2 fully saturated rings. The highest BCUT2D eigenvalue weighted by molar-refractivity contribution is 9.10. The Kier molecular flexibility index (Phi) is 5.66. The molecule has 0 saturated carbocycles. The van der Waals surface area contributed by atoms with Gasteiger partial charge < -0.3 is 10.2 Å². The Balaban J connectivity index is 1.34. The summed E-state index contributed by atoms with van der Waals surface area (Å²) in [5.74, 6) is 0.414. The van der Waals surface area contributed by atoms with Crippen molar-refractivity contribution < 1.29 is 4.79 Å². The van der Waals surface area contributed by atoms with Crippen LogP contribution in [0.3, 0.4) is 0 Å². The number of hydrogen-bond donors (Lipinski definition) is 1. The summed E-state index contributed by atoms with van der Waals surface area (Å²) in [6, 6.07) is 27.8. The third-order valence-electron chi connectivity index (χ3n) is 8.12. The molecule has 3 aromatic carbocycles. The van der Waals surface area contributed by atoms with Crippen LogP contribution in [0.15, 0.2) is 89.4 Å². The number of benzene rings is 3. The van der Waals surface area contributed by atoms with Gasteiger partial charge in [-0.1, -0.05) is 101 Å². The maximum absolute atomic E-state index is 14.2. The Morgan fingerprint density at radius 2 is 1.71 bits per heavy atom. The second-order valence-corrected chi connectivity index (χ2v) is 10.7. The number of piperidine rings is 1. The van der Waals surface area contributed by atoms with E-state index in [0.29, 0.717) is 0 Å². The number of likely N-dealkylation sites (tertiary alicyclic amines) is 1. The van der Waals surface area contributed by atoms with Gasteiger partial charge in [0.15, 0.2) is 0 Å². The first kappa shape index (κ1) is 21.8. The summed E-state index contributed by atoms with van der Waals surface area (Å²) in [5.41, 5.74) is 5.20. The molecule has 0 radical (unpaired) electrons. The number of fused-ring (bicyclic) bond motifs is 2. The summed E-state index contributed by atoms with van der Waals surface area (Å²) in [7, 11) is 0. The molecule has 2 saturated heterocycles. The van der Waals surface area contributed by atoms with Crippen molar-refractivity contribution in [3.05, 3.63) is 112 Å². The van der Waals surface area contributed by atoms with Gasteiger partial charge >= 0.3 is 0 Å². The van der Waals surface area contributed by atoms with Crippen molar-refractivity contribution in [2.24, 2.45) is 5.92 Å². The molecule has 2 aliphatic heterocycles. The van der Waals surface area contributed by atoms with E-state index in [0.717, 1.165) is 36.9 Å². The van der Waals surface area contributed by atoms with E-state index in [1.165, 1.54) is 22.3 Å². The lowest BCUT2D eigenvalue weighted by atomic mass is 9.70. The van der Waals surface area contributed by atoms with Crippen LogP contribution in [0.1, 0.15) is 47.1 Å². The standard InChI is InChI=1S/C30H29BrN2O/c31-27-13-7-5-11-23(27)24-19-32-20-25(24)29(34)33-17-16-30(15-14-21-8-4-6-12-26(21)30)18-28(33)22-9-2-1-3-10-22/h1-15,24-25,28,32H,16-20H2/t24-,25+,28-,30?/m0/s1. The zero-order valence-electron chi connectivity index (χ0n) is 19.2. The van der Waals surface area contributed by atoms with Gasteiger partial charge in [-0.2, -0.15) is 0 Å². The molecule has 34 heavy (non-hydrogen) atoms. The van der Waals surface area contributed by atoms with Gasteiger partial charge in [-0.3, -0.25) is 4.79 Å². The molecule has 3 nitrogen and oxygen atoms in total. The molecule has 1 spiro atoms. The van der Waals surface area contributed by atoms with Gasteiger partial charge in [0, 0.05) is 35.4 Å². The molecule has 0 aromatic heterocycles. The van der Waals surface area contributed by atoms with E-state index in [9.17, 15) is 4.79 Å². The third kappa shape index (κ3) is 3.64. The predicted octanol–water partition coefficient (Wildman–Crippen LogP) is 6.08. The number of nitrogens with one attached hydrogen (secondary N) is 1. The summed E-state index contributed by atoms with van der Waals surface area (Å²) >= 11 is 3.72. The number of amides is 1. The zero-order valence-corrected chi connectivity index (χ0v) is 20.7. The summed E-state index contributed by atoms with van der Waals surface area (Å²) in [4.78, 5) is 16.4. The molecular weight excluding hydrogens is 484 g/mol. The van der Waals surface area contributed by atoms with Crippen molar-refractivity contribution in [3.8, 4) is 0 Å². The molecule has 0 bridgehead atoms. The van der Waals surface area contributed by atoms with Crippen LogP contribution in [0, 0.1) is 5.92 Å². The van der Waals surface area contributed by atoms with E-state index >= 15 is 0 Å². The van der Waals surface area contributed by atoms with E-state index in [1.54, 1.807) is 0 Å². The summed E-state index contributed by atoms with van der Waals surface area (Å²) < 4.78 is 1.09. The largest absolute Gasteiger partial charge is 0.335 e. The zero-order chi connectivity index (χ0) is 23.1. The quantitative estimate of drug-likeness (QED) is 0.461. The second kappa shape index (κ2) is 8.83. The van der Waals surface area contributed by atoms with Gasteiger partial charge in [0.1, 0.15) is 0 Å². The van der Waals surface area contributed by atoms with Gasteiger partial charge in [0.25, 0.3) is 0 Å². The van der Waals surface area contributed by atoms with Crippen molar-refractivity contribution in [2.75, 3.05) is 19.6 Å². The maximum Gasteiger partial charge on any atom is 0.228 e. The molecule has 172 valence electrons. The van der Waals surface area contributed by atoms with Crippen molar-refractivity contribution in [1.29, 1.82) is 0 Å². The first-order chi connectivity index (χ1) is 16.7. The molecule has 1 N–H and O–H groups in total. The number of carbonyl (C=O) groups excluding carboxylic acids is 1. The van der Waals surface area contributed by atoms with Gasteiger partial charge in [-0.15, -0.1) is 0 Å². The van der Waals surface area contributed by atoms with Crippen LogP contribution in [0.25, 0.3) is 6.08 Å². The van der Waals surface area contributed by atoms with Crippen LogP contribution in [0.5, 0.6) is 0 Å². The van der Waals surface area contributed by atoms with E-state index in [-0.39, 0.29) is 29.2 Å². The number of carbonyl (C=O) groups is 1. The Morgan fingerprint density at radius 3 is 2.56 bits per heavy atom. The first-order valence-corrected chi connectivity index (χ1v) is 13.0. The van der Waals surface area contributed by atoms with Crippen LogP contribution in [0.2, 0.25) is 0 Å². The number of halogens is 1. The van der Waals surface area contributed by atoms with Gasteiger partial charge in [0.2, 0.25) is 5.91 Å². The molecule has 1 unspecified atom stereocenters. The van der Waals surface area contributed by atoms with Crippen molar-refractivity contribution in [1.82, 2.24) is 10.2 Å². The Morgan fingerprint density at radius 1 is 0.941 bits per heavy atom. The minimum Gasteiger partial charge on any atom is -0.335 e. The fourth-order valence-corrected chi connectivity index (χ4v) is 6.93. The highest BCUT2D eigenvalue weighted by Gasteiger charge is 2.46. The monoisotopic (exact) mass is 512 g/mol. The normalized spacial score (nSPS) is 27.8. The molecule has 1 aliphatic carbocycles. The van der Waals surface area contributed by atoms with Gasteiger partial charge in [0.05, 0.1) is 12.0 Å². The third-order valence-corrected chi connectivity index (χ3v) is 8.84. The first-order valence-electron chi connectivity index (χ1n) is 12.3. The van der Waals surface area contributed by atoms with Crippen molar-refractivity contribution in [2.45, 2.75) is 30.2 Å². The second-order valence-electron chi connectivity index (χ2n) is 9.88. The van der Waals surface area contributed by atoms with Gasteiger partial charge in [-0.25, -0.2) is 0 Å². The number of allylic oxidation sites excluding steroid dienone is 1. The van der Waals surface area contributed by atoms with Crippen molar-refractivity contribution >= 4 is 27.9 Å². The Hall–Kier alpha value is -2.69. The van der Waals surface area contributed by atoms with Crippen LogP contribution in [-0.2, 0) is 10.2 Å². The SMILES string of the molecule is O=C([C@@H]1CNC[C@H]1c1ccccc1Br)N1CCC2(C=Cc3ccccc32)C[C@H]1c1ccccc1. The van der Waals surface area contributed by atoms with Crippen LogP contribution in [0.4, 0.5) is 0 Å². The minimum absolute atomic E-state index is 0.00364. The highest BCUT2D eigenvalue weighted by atomic mass is 79.9. The molecule has 3 aromatic rings. The molecule has 4 atom stereocenters. The van der Waals surface area contributed by atoms with Crippen LogP contribution in [-0.4, -0.2) is 30.4 Å². The summed E-state index contributed by atoms with van der Waals surface area (Å²) in [6.07, 6.45) is 6.57. The maximum atomic E-state index is 14.2. The highest BCUT2D eigenvalue weighted by Crippen LogP contribution is 2.50.